The van der Waals surface area contributed by atoms with Crippen molar-refractivity contribution >= 4 is 22.9 Å². The van der Waals surface area contributed by atoms with Gasteiger partial charge in [-0.2, -0.15) is 0 Å². The van der Waals surface area contributed by atoms with E-state index in [9.17, 15) is 0 Å². The Bertz CT molecular complexity index is 294. The van der Waals surface area contributed by atoms with Gasteiger partial charge in [0, 0.05) is 62.2 Å². The van der Waals surface area contributed by atoms with Crippen molar-refractivity contribution in [1.29, 1.82) is 0 Å². The van der Waals surface area contributed by atoms with Crippen molar-refractivity contribution in [2.24, 2.45) is 11.8 Å². The fraction of sp³-hybridized carbons (Fsp3) is 1.00. The lowest BCUT2D eigenvalue weighted by Gasteiger charge is -2.46. The van der Waals surface area contributed by atoms with E-state index < -0.39 is 0 Å². The second kappa shape index (κ2) is 6.58. The van der Waals surface area contributed by atoms with Gasteiger partial charge in [-0.3, -0.25) is 4.90 Å². The summed E-state index contributed by atoms with van der Waals surface area (Å²) in [6, 6.07) is 0.863. The maximum Gasteiger partial charge on any atom is 0.0574 e. The topological polar surface area (TPSA) is 15.7 Å². The Morgan fingerprint density at radius 1 is 0.895 bits per heavy atom. The Kier molecular flexibility index (Phi) is 5.04. The van der Waals surface area contributed by atoms with Crippen molar-refractivity contribution in [3.05, 3.63) is 0 Å². The van der Waals surface area contributed by atoms with Crippen LogP contribution in [0.4, 0.5) is 0 Å². The van der Waals surface area contributed by atoms with E-state index in [0.29, 0.717) is 6.10 Å². The summed E-state index contributed by atoms with van der Waals surface area (Å²) in [7, 11) is 1.89. The predicted molar refractivity (Wildman–Crippen MR) is 86.4 cm³/mol. The minimum atomic E-state index is 0.547. The highest BCUT2D eigenvalue weighted by atomic mass is 127. The van der Waals surface area contributed by atoms with Crippen LogP contribution in [0.25, 0.3) is 0 Å². The van der Waals surface area contributed by atoms with Crippen molar-refractivity contribution in [2.45, 2.75) is 50.7 Å². The van der Waals surface area contributed by atoms with Crippen LogP contribution in [-0.4, -0.2) is 53.4 Å². The summed E-state index contributed by atoms with van der Waals surface area (Å²) >= 11 is 2.47. The Morgan fingerprint density at radius 2 is 1.63 bits per heavy atom. The standard InChI is InChI=1S/C15H27IN2O/c1-19-15-5-3-12-2-4-14(10-13(12)11-15)17-6-8-18(16)9-7-17/h12-15H,2-11H2,1H3. The second-order valence-corrected chi connectivity index (χ2v) is 7.97. The van der Waals surface area contributed by atoms with Crippen LogP contribution in [0.3, 0.4) is 0 Å². The molecule has 0 amide bonds. The zero-order valence-electron chi connectivity index (χ0n) is 12.1. The third kappa shape index (κ3) is 3.44. The van der Waals surface area contributed by atoms with Crippen LogP contribution < -0.4 is 0 Å². The van der Waals surface area contributed by atoms with Gasteiger partial charge >= 0.3 is 0 Å². The number of fused-ring (bicyclic) bond motifs is 1. The molecule has 4 heteroatoms. The highest BCUT2D eigenvalue weighted by molar-refractivity contribution is 14.1. The maximum atomic E-state index is 5.61. The Labute approximate surface area is 131 Å². The lowest BCUT2D eigenvalue weighted by Crippen LogP contribution is -2.50. The number of ether oxygens (including phenoxy) is 1. The first kappa shape index (κ1) is 14.5. The summed E-state index contributed by atoms with van der Waals surface area (Å²) in [5.74, 6) is 1.95. The molecule has 1 aliphatic heterocycles. The molecule has 0 bridgehead atoms. The number of hydrogen-bond donors (Lipinski definition) is 0. The lowest BCUT2D eigenvalue weighted by molar-refractivity contribution is -0.00742. The molecular weight excluding hydrogens is 351 g/mol. The molecule has 4 unspecified atom stereocenters. The third-order valence-corrected chi connectivity index (χ3v) is 6.61. The average molecular weight is 378 g/mol. The maximum absolute atomic E-state index is 5.61. The largest absolute Gasteiger partial charge is 0.381 e. The van der Waals surface area contributed by atoms with E-state index in [0.717, 1.165) is 17.9 Å². The predicted octanol–water partition coefficient (Wildman–Crippen LogP) is 2.94. The molecule has 3 aliphatic rings. The van der Waals surface area contributed by atoms with E-state index >= 15 is 0 Å². The Morgan fingerprint density at radius 3 is 2.37 bits per heavy atom. The first-order chi connectivity index (χ1) is 9.26. The van der Waals surface area contributed by atoms with Gasteiger partial charge in [-0.25, -0.2) is 3.11 Å². The number of hydrogen-bond acceptors (Lipinski definition) is 3. The monoisotopic (exact) mass is 378 g/mol. The van der Waals surface area contributed by atoms with Crippen molar-refractivity contribution in [3.63, 3.8) is 0 Å². The van der Waals surface area contributed by atoms with Crippen molar-refractivity contribution < 1.29 is 4.74 Å². The van der Waals surface area contributed by atoms with Crippen molar-refractivity contribution in [3.8, 4) is 0 Å². The van der Waals surface area contributed by atoms with E-state index in [-0.39, 0.29) is 0 Å². The van der Waals surface area contributed by atoms with E-state index in [2.05, 4.69) is 30.9 Å². The molecule has 4 atom stereocenters. The summed E-state index contributed by atoms with van der Waals surface area (Å²) in [4.78, 5) is 2.77. The van der Waals surface area contributed by atoms with Gasteiger partial charge in [0.2, 0.25) is 0 Å². The molecule has 1 heterocycles. The van der Waals surface area contributed by atoms with Gasteiger partial charge in [0.15, 0.2) is 0 Å². The van der Waals surface area contributed by atoms with Gasteiger partial charge in [-0.1, -0.05) is 0 Å². The van der Waals surface area contributed by atoms with Crippen LogP contribution in [0.2, 0.25) is 0 Å². The van der Waals surface area contributed by atoms with E-state index in [1.165, 1.54) is 64.7 Å². The highest BCUT2D eigenvalue weighted by Gasteiger charge is 2.37. The molecule has 1 saturated heterocycles. The van der Waals surface area contributed by atoms with Gasteiger partial charge in [0.1, 0.15) is 0 Å². The zero-order chi connectivity index (χ0) is 13.2. The molecule has 3 nitrogen and oxygen atoms in total. The number of methoxy groups -OCH3 is 1. The molecular formula is C15H27IN2O. The molecule has 0 N–H and O–H groups in total. The van der Waals surface area contributed by atoms with Crippen LogP contribution in [0.15, 0.2) is 0 Å². The van der Waals surface area contributed by atoms with Gasteiger partial charge in [-0.05, 0) is 50.4 Å². The van der Waals surface area contributed by atoms with Crippen LogP contribution in [0.1, 0.15) is 38.5 Å². The smallest absolute Gasteiger partial charge is 0.0574 e. The molecule has 19 heavy (non-hydrogen) atoms. The fourth-order valence-corrected chi connectivity index (χ4v) is 4.87. The summed E-state index contributed by atoms with van der Waals surface area (Å²) in [5, 5.41) is 0. The quantitative estimate of drug-likeness (QED) is 0.543. The average Bonchev–Trinajstić information content (AvgIpc) is 2.47. The molecule has 2 aliphatic carbocycles. The fourth-order valence-electron chi connectivity index (χ4n) is 4.43. The van der Waals surface area contributed by atoms with Gasteiger partial charge in [-0.15, -0.1) is 0 Å². The van der Waals surface area contributed by atoms with Crippen LogP contribution in [0.5, 0.6) is 0 Å². The second-order valence-electron chi connectivity index (χ2n) is 6.60. The Balaban J connectivity index is 1.55. The van der Waals surface area contributed by atoms with E-state index in [1.54, 1.807) is 0 Å². The summed E-state index contributed by atoms with van der Waals surface area (Å²) < 4.78 is 8.05. The number of nitrogens with zero attached hydrogens (tertiary/aromatic N) is 2. The number of rotatable bonds is 2. The highest BCUT2D eigenvalue weighted by Crippen LogP contribution is 2.42. The molecule has 0 aromatic carbocycles. The van der Waals surface area contributed by atoms with Gasteiger partial charge in [0.05, 0.1) is 6.10 Å². The van der Waals surface area contributed by atoms with Gasteiger partial charge in [0.25, 0.3) is 0 Å². The summed E-state index contributed by atoms with van der Waals surface area (Å²) in [6.07, 6.45) is 8.94. The summed E-state index contributed by atoms with van der Waals surface area (Å²) in [6.45, 7) is 5.04. The van der Waals surface area contributed by atoms with Crippen LogP contribution in [-0.2, 0) is 4.74 Å². The van der Waals surface area contributed by atoms with E-state index in [4.69, 9.17) is 4.74 Å². The third-order valence-electron chi connectivity index (χ3n) is 5.65. The van der Waals surface area contributed by atoms with Crippen LogP contribution >= 0.6 is 22.9 Å². The first-order valence-electron chi connectivity index (χ1n) is 7.94. The SMILES string of the molecule is COC1CCC2CCC(N3CCN(I)CC3)CC2C1. The molecule has 110 valence electrons. The summed E-state index contributed by atoms with van der Waals surface area (Å²) in [5.41, 5.74) is 0. The minimum Gasteiger partial charge on any atom is -0.381 e. The number of piperazine rings is 1. The van der Waals surface area contributed by atoms with Crippen molar-refractivity contribution in [1.82, 2.24) is 8.01 Å². The lowest BCUT2D eigenvalue weighted by atomic mass is 9.68. The van der Waals surface area contributed by atoms with E-state index in [1.807, 2.05) is 7.11 Å². The Hall–Kier alpha value is 0.610. The molecule has 0 aromatic rings. The van der Waals surface area contributed by atoms with Crippen LogP contribution in [0, 0.1) is 11.8 Å². The molecule has 3 rings (SSSR count). The molecule has 3 fully saturated rings. The number of halogens is 1. The molecule has 0 radical (unpaired) electrons. The first-order valence-corrected chi connectivity index (χ1v) is 8.90. The molecule has 0 aromatic heterocycles. The molecule has 2 saturated carbocycles. The normalized spacial score (nSPS) is 42.0. The van der Waals surface area contributed by atoms with Gasteiger partial charge < -0.3 is 4.74 Å². The molecule has 0 spiro atoms. The zero-order valence-corrected chi connectivity index (χ0v) is 14.2. The minimum absolute atomic E-state index is 0.547. The van der Waals surface area contributed by atoms with Crippen molar-refractivity contribution in [2.75, 3.05) is 33.3 Å².